The van der Waals surface area contributed by atoms with E-state index in [1.807, 2.05) is 12.1 Å². The SMILES string of the molecule is O=C(Cc1cccc(Cl)c1)NCCOc1ccc(F)cc1. The largest absolute Gasteiger partial charge is 0.492 e. The second-order valence-corrected chi connectivity index (χ2v) is 4.90. The molecule has 0 saturated carbocycles. The molecule has 2 aromatic carbocycles. The van der Waals surface area contributed by atoms with Crippen LogP contribution in [-0.2, 0) is 11.2 Å². The van der Waals surface area contributed by atoms with Gasteiger partial charge in [0.05, 0.1) is 13.0 Å². The Labute approximate surface area is 127 Å². The van der Waals surface area contributed by atoms with Crippen LogP contribution in [-0.4, -0.2) is 19.1 Å². The van der Waals surface area contributed by atoms with Gasteiger partial charge in [-0.2, -0.15) is 0 Å². The fourth-order valence-electron chi connectivity index (χ4n) is 1.78. The molecule has 2 aromatic rings. The predicted molar refractivity (Wildman–Crippen MR) is 80.1 cm³/mol. The van der Waals surface area contributed by atoms with Gasteiger partial charge >= 0.3 is 0 Å². The van der Waals surface area contributed by atoms with E-state index in [9.17, 15) is 9.18 Å². The van der Waals surface area contributed by atoms with Crippen LogP contribution in [0.4, 0.5) is 4.39 Å². The minimum absolute atomic E-state index is 0.0972. The Balaban J connectivity index is 1.68. The fourth-order valence-corrected chi connectivity index (χ4v) is 2.00. The minimum atomic E-state index is -0.308. The van der Waals surface area contributed by atoms with Crippen molar-refractivity contribution in [3.63, 3.8) is 0 Å². The number of hydrogen-bond donors (Lipinski definition) is 1. The highest BCUT2D eigenvalue weighted by atomic mass is 35.5. The summed E-state index contributed by atoms with van der Waals surface area (Å²) in [6.45, 7) is 0.712. The lowest BCUT2D eigenvalue weighted by atomic mass is 10.1. The number of hydrogen-bond acceptors (Lipinski definition) is 2. The molecule has 0 heterocycles. The maximum Gasteiger partial charge on any atom is 0.224 e. The van der Waals surface area contributed by atoms with Gasteiger partial charge in [0, 0.05) is 5.02 Å². The molecule has 0 unspecified atom stereocenters. The average Bonchev–Trinajstić information content (AvgIpc) is 2.45. The summed E-state index contributed by atoms with van der Waals surface area (Å²) in [7, 11) is 0. The van der Waals surface area contributed by atoms with Gasteiger partial charge in [0.15, 0.2) is 0 Å². The highest BCUT2D eigenvalue weighted by molar-refractivity contribution is 6.30. The monoisotopic (exact) mass is 307 g/mol. The van der Waals surface area contributed by atoms with E-state index in [1.54, 1.807) is 24.3 Å². The molecule has 1 N–H and O–H groups in total. The molecule has 0 aliphatic rings. The molecule has 0 radical (unpaired) electrons. The first kappa shape index (κ1) is 15.3. The summed E-state index contributed by atoms with van der Waals surface area (Å²) >= 11 is 5.86. The van der Waals surface area contributed by atoms with E-state index >= 15 is 0 Å². The molecule has 0 atom stereocenters. The topological polar surface area (TPSA) is 38.3 Å². The van der Waals surface area contributed by atoms with Crippen LogP contribution in [0.25, 0.3) is 0 Å². The van der Waals surface area contributed by atoms with Gasteiger partial charge in [-0.15, -0.1) is 0 Å². The molecule has 110 valence electrons. The lowest BCUT2D eigenvalue weighted by Gasteiger charge is -2.08. The summed E-state index contributed by atoms with van der Waals surface area (Å²) in [5, 5.41) is 3.36. The number of carbonyl (C=O) groups is 1. The van der Waals surface area contributed by atoms with Gasteiger partial charge in [-0.3, -0.25) is 4.79 Å². The number of carbonyl (C=O) groups excluding carboxylic acids is 1. The molecule has 0 fully saturated rings. The predicted octanol–water partition coefficient (Wildman–Crippen LogP) is 3.22. The van der Waals surface area contributed by atoms with Gasteiger partial charge in [-0.05, 0) is 42.0 Å². The molecule has 0 aliphatic heterocycles. The molecule has 21 heavy (non-hydrogen) atoms. The smallest absolute Gasteiger partial charge is 0.224 e. The Morgan fingerprint density at radius 2 is 1.95 bits per heavy atom. The highest BCUT2D eigenvalue weighted by Crippen LogP contribution is 2.11. The van der Waals surface area contributed by atoms with Crippen molar-refractivity contribution >= 4 is 17.5 Å². The van der Waals surface area contributed by atoms with Crippen LogP contribution in [0.3, 0.4) is 0 Å². The van der Waals surface area contributed by atoms with Gasteiger partial charge in [0.25, 0.3) is 0 Å². The Kier molecular flexibility index (Phi) is 5.58. The summed E-state index contributed by atoms with van der Waals surface area (Å²) < 4.78 is 18.1. The zero-order valence-electron chi connectivity index (χ0n) is 11.3. The number of benzene rings is 2. The molecule has 2 rings (SSSR count). The van der Waals surface area contributed by atoms with Crippen LogP contribution in [0.1, 0.15) is 5.56 Å². The molecular weight excluding hydrogens is 293 g/mol. The van der Waals surface area contributed by atoms with Crippen molar-refractivity contribution in [1.29, 1.82) is 0 Å². The minimum Gasteiger partial charge on any atom is -0.492 e. The lowest BCUT2D eigenvalue weighted by Crippen LogP contribution is -2.29. The van der Waals surface area contributed by atoms with Crippen molar-refractivity contribution in [3.05, 3.63) is 64.9 Å². The van der Waals surface area contributed by atoms with E-state index in [0.717, 1.165) is 5.56 Å². The third-order valence-corrected chi connectivity index (χ3v) is 3.00. The number of ether oxygens (including phenoxy) is 1. The molecule has 3 nitrogen and oxygen atoms in total. The molecule has 0 spiro atoms. The molecule has 0 saturated heterocycles. The van der Waals surface area contributed by atoms with Crippen molar-refractivity contribution in [2.75, 3.05) is 13.2 Å². The number of nitrogens with one attached hydrogen (secondary N) is 1. The van der Waals surface area contributed by atoms with Crippen LogP contribution in [0.2, 0.25) is 5.02 Å². The molecule has 0 bridgehead atoms. The molecule has 0 aromatic heterocycles. The van der Waals surface area contributed by atoms with Crippen LogP contribution in [0.5, 0.6) is 5.75 Å². The third-order valence-electron chi connectivity index (χ3n) is 2.76. The maximum absolute atomic E-state index is 12.7. The van der Waals surface area contributed by atoms with Crippen molar-refractivity contribution < 1.29 is 13.9 Å². The average molecular weight is 308 g/mol. The normalized spacial score (nSPS) is 10.2. The Bertz CT molecular complexity index is 601. The van der Waals surface area contributed by atoms with Crippen LogP contribution >= 0.6 is 11.6 Å². The van der Waals surface area contributed by atoms with E-state index in [2.05, 4.69) is 5.32 Å². The van der Waals surface area contributed by atoms with Crippen molar-refractivity contribution in [1.82, 2.24) is 5.32 Å². The van der Waals surface area contributed by atoms with Gasteiger partial charge in [-0.25, -0.2) is 4.39 Å². The molecule has 0 aliphatic carbocycles. The molecule has 5 heteroatoms. The Hall–Kier alpha value is -2.07. The van der Waals surface area contributed by atoms with Gasteiger partial charge in [0.1, 0.15) is 18.2 Å². The summed E-state index contributed by atoms with van der Waals surface area (Å²) in [5.41, 5.74) is 0.861. The van der Waals surface area contributed by atoms with E-state index in [0.29, 0.717) is 23.9 Å². The number of amides is 1. The maximum atomic E-state index is 12.7. The third kappa shape index (κ3) is 5.44. The van der Waals surface area contributed by atoms with E-state index in [-0.39, 0.29) is 18.1 Å². The molecule has 1 amide bonds. The first-order valence-electron chi connectivity index (χ1n) is 6.53. The first-order valence-corrected chi connectivity index (χ1v) is 6.91. The number of halogens is 2. The summed E-state index contributed by atoms with van der Waals surface area (Å²) in [6.07, 6.45) is 0.275. The van der Waals surface area contributed by atoms with Gasteiger partial charge < -0.3 is 10.1 Å². The van der Waals surface area contributed by atoms with Gasteiger partial charge in [0.2, 0.25) is 5.91 Å². The first-order chi connectivity index (χ1) is 10.1. The van der Waals surface area contributed by atoms with E-state index in [1.165, 1.54) is 12.1 Å². The lowest BCUT2D eigenvalue weighted by molar-refractivity contribution is -0.120. The quantitative estimate of drug-likeness (QED) is 0.832. The van der Waals surface area contributed by atoms with Crippen molar-refractivity contribution in [3.8, 4) is 5.75 Å². The molecular formula is C16H15ClFNO2. The van der Waals surface area contributed by atoms with E-state index in [4.69, 9.17) is 16.3 Å². The fraction of sp³-hybridized carbons (Fsp3) is 0.188. The van der Waals surface area contributed by atoms with Crippen LogP contribution in [0, 0.1) is 5.82 Å². The van der Waals surface area contributed by atoms with E-state index < -0.39 is 0 Å². The summed E-state index contributed by atoms with van der Waals surface area (Å²) in [5.74, 6) is 0.164. The van der Waals surface area contributed by atoms with Crippen LogP contribution < -0.4 is 10.1 Å². The summed E-state index contributed by atoms with van der Waals surface area (Å²) in [6, 6.07) is 12.9. The van der Waals surface area contributed by atoms with Gasteiger partial charge in [-0.1, -0.05) is 23.7 Å². The van der Waals surface area contributed by atoms with Crippen LogP contribution in [0.15, 0.2) is 48.5 Å². The summed E-state index contributed by atoms with van der Waals surface area (Å²) in [4.78, 5) is 11.7. The standard InChI is InChI=1S/C16H15ClFNO2/c17-13-3-1-2-12(10-13)11-16(20)19-8-9-21-15-6-4-14(18)5-7-15/h1-7,10H,8-9,11H2,(H,19,20). The zero-order valence-corrected chi connectivity index (χ0v) is 12.1. The Morgan fingerprint density at radius 3 is 2.67 bits per heavy atom. The Morgan fingerprint density at radius 1 is 1.19 bits per heavy atom. The second kappa shape index (κ2) is 7.64. The second-order valence-electron chi connectivity index (χ2n) is 4.46. The zero-order chi connectivity index (χ0) is 15.1. The number of rotatable bonds is 6. The van der Waals surface area contributed by atoms with Crippen molar-refractivity contribution in [2.24, 2.45) is 0 Å². The highest BCUT2D eigenvalue weighted by Gasteiger charge is 2.03. The van der Waals surface area contributed by atoms with Crippen molar-refractivity contribution in [2.45, 2.75) is 6.42 Å².